The number of hydrogen-bond acceptors (Lipinski definition) is 4. The fourth-order valence-corrected chi connectivity index (χ4v) is 1.18. The number of aromatic nitrogens is 2. The van der Waals surface area contributed by atoms with Crippen LogP contribution in [0, 0.1) is 13.8 Å². The van der Waals surface area contributed by atoms with Gasteiger partial charge in [-0.1, -0.05) is 0 Å². The van der Waals surface area contributed by atoms with E-state index in [2.05, 4.69) is 32.7 Å². The van der Waals surface area contributed by atoms with Crippen molar-refractivity contribution in [2.45, 2.75) is 20.8 Å². The van der Waals surface area contributed by atoms with E-state index in [4.69, 9.17) is 5.73 Å². The Labute approximate surface area is 93.8 Å². The zero-order valence-electron chi connectivity index (χ0n) is 8.90. The highest BCUT2D eigenvalue weighted by Crippen LogP contribution is 2.04. The Bertz CT molecular complexity index is 413. The predicted molar refractivity (Wildman–Crippen MR) is 63.6 cm³/mol. The molecule has 0 aromatic carbocycles. The van der Waals surface area contributed by atoms with E-state index in [1.54, 1.807) is 6.20 Å². The van der Waals surface area contributed by atoms with E-state index in [0.717, 1.165) is 22.8 Å². The minimum atomic E-state index is 0.139. The lowest BCUT2D eigenvalue weighted by Crippen LogP contribution is -2.25. The van der Waals surface area contributed by atoms with Gasteiger partial charge in [0, 0.05) is 11.8 Å². The molecule has 0 radical (unpaired) electrons. The van der Waals surface area contributed by atoms with Crippen LogP contribution >= 0.6 is 12.2 Å². The molecule has 1 rings (SSSR count). The van der Waals surface area contributed by atoms with Gasteiger partial charge in [0.15, 0.2) is 5.11 Å². The summed E-state index contributed by atoms with van der Waals surface area (Å²) >= 11 is 4.65. The van der Waals surface area contributed by atoms with E-state index in [-0.39, 0.29) is 5.11 Å². The summed E-state index contributed by atoms with van der Waals surface area (Å²) in [5.74, 6) is 0.742. The summed E-state index contributed by atoms with van der Waals surface area (Å²) in [6, 6.07) is 0. The summed E-state index contributed by atoms with van der Waals surface area (Å²) in [7, 11) is 0. The molecule has 5 nitrogen and oxygen atoms in total. The summed E-state index contributed by atoms with van der Waals surface area (Å²) in [6.45, 7) is 5.59. The van der Waals surface area contributed by atoms with Gasteiger partial charge in [-0.3, -0.25) is 5.43 Å². The van der Waals surface area contributed by atoms with E-state index >= 15 is 0 Å². The molecule has 1 aromatic heterocycles. The third-order valence-electron chi connectivity index (χ3n) is 1.82. The van der Waals surface area contributed by atoms with Gasteiger partial charge in [0.05, 0.1) is 11.4 Å². The lowest BCUT2D eigenvalue weighted by Gasteiger charge is -2.04. The molecule has 0 aliphatic carbocycles. The molecule has 1 heterocycles. The molecule has 0 aliphatic heterocycles. The van der Waals surface area contributed by atoms with Crippen molar-refractivity contribution in [3.63, 3.8) is 0 Å². The lowest BCUT2D eigenvalue weighted by atomic mass is 10.1. The smallest absolute Gasteiger partial charge is 0.184 e. The Morgan fingerprint density at radius 1 is 1.53 bits per heavy atom. The molecular weight excluding hydrogens is 210 g/mol. The van der Waals surface area contributed by atoms with Crippen molar-refractivity contribution in [2.24, 2.45) is 10.8 Å². The van der Waals surface area contributed by atoms with Crippen LogP contribution in [0.4, 0.5) is 0 Å². The fraction of sp³-hybridized carbons (Fsp3) is 0.333. The summed E-state index contributed by atoms with van der Waals surface area (Å²) in [5.41, 5.74) is 10.3. The van der Waals surface area contributed by atoms with Crippen LogP contribution in [0.15, 0.2) is 11.3 Å². The molecule has 0 bridgehead atoms. The van der Waals surface area contributed by atoms with Crippen LogP contribution in [0.1, 0.15) is 24.0 Å². The molecule has 80 valence electrons. The standard InChI is InChI=1S/C9H13N5S/c1-5-8(4-11-7(3)12-5)6(2)13-14-9(10)15/h4H,1-3H3,(H3,10,14,15). The van der Waals surface area contributed by atoms with Gasteiger partial charge < -0.3 is 5.73 Å². The maximum Gasteiger partial charge on any atom is 0.184 e. The van der Waals surface area contributed by atoms with E-state index in [1.807, 2.05) is 20.8 Å². The van der Waals surface area contributed by atoms with Crippen molar-refractivity contribution in [2.75, 3.05) is 0 Å². The predicted octanol–water partition coefficient (Wildman–Crippen LogP) is 0.651. The van der Waals surface area contributed by atoms with Crippen LogP contribution in [-0.4, -0.2) is 20.8 Å². The lowest BCUT2D eigenvalue weighted by molar-refractivity contribution is 0.989. The Morgan fingerprint density at radius 3 is 2.73 bits per heavy atom. The molecule has 0 aliphatic rings. The second kappa shape index (κ2) is 4.79. The topological polar surface area (TPSA) is 76.2 Å². The van der Waals surface area contributed by atoms with Crippen molar-refractivity contribution in [3.05, 3.63) is 23.3 Å². The van der Waals surface area contributed by atoms with E-state index < -0.39 is 0 Å². The van der Waals surface area contributed by atoms with E-state index in [9.17, 15) is 0 Å². The van der Waals surface area contributed by atoms with Crippen molar-refractivity contribution in [1.82, 2.24) is 15.4 Å². The van der Waals surface area contributed by atoms with Crippen LogP contribution in [0.2, 0.25) is 0 Å². The second-order valence-corrected chi connectivity index (χ2v) is 3.53. The fourth-order valence-electron chi connectivity index (χ4n) is 1.14. The Morgan fingerprint density at radius 2 is 2.20 bits per heavy atom. The monoisotopic (exact) mass is 223 g/mol. The van der Waals surface area contributed by atoms with Crippen LogP contribution < -0.4 is 11.2 Å². The van der Waals surface area contributed by atoms with E-state index in [0.29, 0.717) is 0 Å². The molecule has 1 aromatic rings. The molecule has 15 heavy (non-hydrogen) atoms. The van der Waals surface area contributed by atoms with Gasteiger partial charge in [0.2, 0.25) is 0 Å². The Balaban J connectivity index is 2.95. The number of thiocarbonyl (C=S) groups is 1. The van der Waals surface area contributed by atoms with Crippen LogP contribution in [-0.2, 0) is 0 Å². The quantitative estimate of drug-likeness (QED) is 0.437. The number of rotatable bonds is 2. The minimum Gasteiger partial charge on any atom is -0.375 e. The Kier molecular flexibility index (Phi) is 3.68. The summed E-state index contributed by atoms with van der Waals surface area (Å²) < 4.78 is 0. The maximum atomic E-state index is 5.26. The van der Waals surface area contributed by atoms with Crippen molar-refractivity contribution >= 4 is 23.0 Å². The summed E-state index contributed by atoms with van der Waals surface area (Å²) in [6.07, 6.45) is 1.73. The SMILES string of the molecule is CC(=NNC(N)=S)c1cnc(C)nc1C. The first-order valence-corrected chi connectivity index (χ1v) is 4.82. The van der Waals surface area contributed by atoms with Gasteiger partial charge in [-0.25, -0.2) is 9.97 Å². The molecule has 0 atom stereocenters. The number of hydrazone groups is 1. The molecular formula is C9H13N5S. The molecule has 6 heteroatoms. The second-order valence-electron chi connectivity index (χ2n) is 3.09. The van der Waals surface area contributed by atoms with Gasteiger partial charge in [-0.2, -0.15) is 5.10 Å². The number of nitrogens with one attached hydrogen (secondary N) is 1. The highest BCUT2D eigenvalue weighted by Gasteiger charge is 2.04. The first-order chi connectivity index (χ1) is 7.00. The highest BCUT2D eigenvalue weighted by molar-refractivity contribution is 7.80. The molecule has 0 fully saturated rings. The summed E-state index contributed by atoms with van der Waals surface area (Å²) in [4.78, 5) is 8.34. The number of aryl methyl sites for hydroxylation is 2. The molecule has 0 saturated carbocycles. The highest BCUT2D eigenvalue weighted by atomic mass is 32.1. The molecule has 0 amide bonds. The molecule has 0 unspecified atom stereocenters. The summed E-state index contributed by atoms with van der Waals surface area (Å²) in [5, 5.41) is 4.14. The first kappa shape index (κ1) is 11.5. The van der Waals surface area contributed by atoms with Gasteiger partial charge >= 0.3 is 0 Å². The van der Waals surface area contributed by atoms with Crippen molar-refractivity contribution in [1.29, 1.82) is 0 Å². The zero-order valence-corrected chi connectivity index (χ0v) is 9.72. The average Bonchev–Trinajstić information content (AvgIpc) is 2.14. The van der Waals surface area contributed by atoms with Crippen LogP contribution in [0.25, 0.3) is 0 Å². The van der Waals surface area contributed by atoms with Gasteiger partial charge in [-0.15, -0.1) is 0 Å². The Hall–Kier alpha value is -1.56. The number of nitrogens with zero attached hydrogens (tertiary/aromatic N) is 3. The molecule has 0 spiro atoms. The van der Waals surface area contributed by atoms with Gasteiger partial charge in [0.25, 0.3) is 0 Å². The molecule has 3 N–H and O–H groups in total. The largest absolute Gasteiger partial charge is 0.375 e. The van der Waals surface area contributed by atoms with Crippen LogP contribution in [0.3, 0.4) is 0 Å². The third kappa shape index (κ3) is 3.25. The minimum absolute atomic E-state index is 0.139. The maximum absolute atomic E-state index is 5.26. The first-order valence-electron chi connectivity index (χ1n) is 4.41. The normalized spacial score (nSPS) is 11.3. The van der Waals surface area contributed by atoms with Crippen molar-refractivity contribution in [3.8, 4) is 0 Å². The average molecular weight is 223 g/mol. The van der Waals surface area contributed by atoms with E-state index in [1.165, 1.54) is 0 Å². The van der Waals surface area contributed by atoms with Gasteiger partial charge in [-0.05, 0) is 33.0 Å². The van der Waals surface area contributed by atoms with Gasteiger partial charge in [0.1, 0.15) is 5.82 Å². The van der Waals surface area contributed by atoms with Crippen molar-refractivity contribution < 1.29 is 0 Å². The molecule has 0 saturated heterocycles. The number of hydrogen-bond donors (Lipinski definition) is 2. The number of nitrogens with two attached hydrogens (primary N) is 1. The zero-order chi connectivity index (χ0) is 11.4. The third-order valence-corrected chi connectivity index (χ3v) is 1.91. The van der Waals surface area contributed by atoms with Crippen LogP contribution in [0.5, 0.6) is 0 Å².